The first kappa shape index (κ1) is 12.6. The van der Waals surface area contributed by atoms with Gasteiger partial charge in [0, 0.05) is 19.7 Å². The van der Waals surface area contributed by atoms with Gasteiger partial charge >= 0.3 is 0 Å². The number of aliphatic hydroxyl groups is 1. The summed E-state index contributed by atoms with van der Waals surface area (Å²) in [4.78, 5) is 10.1. The maximum absolute atomic E-state index is 10.5. The van der Waals surface area contributed by atoms with Crippen molar-refractivity contribution in [3.8, 4) is 0 Å². The SMILES string of the molecule is CN(CC1(O)CCCC1)c1cc(Cl)nc2ncnn12. The molecule has 0 aromatic carbocycles. The van der Waals surface area contributed by atoms with Crippen molar-refractivity contribution in [2.45, 2.75) is 31.3 Å². The van der Waals surface area contributed by atoms with Crippen molar-refractivity contribution in [1.29, 1.82) is 0 Å². The van der Waals surface area contributed by atoms with Gasteiger partial charge in [0.15, 0.2) is 0 Å². The Balaban J connectivity index is 1.92. The lowest BCUT2D eigenvalue weighted by Crippen LogP contribution is -2.40. The van der Waals surface area contributed by atoms with Crippen LogP contribution >= 0.6 is 11.6 Å². The molecule has 1 aliphatic carbocycles. The van der Waals surface area contributed by atoms with Crippen LogP contribution in [0, 0.1) is 0 Å². The molecule has 0 saturated heterocycles. The Bertz CT molecular complexity index is 593. The molecular weight excluding hydrogens is 266 g/mol. The fourth-order valence-corrected chi connectivity index (χ4v) is 2.93. The predicted molar refractivity (Wildman–Crippen MR) is 72.5 cm³/mol. The van der Waals surface area contributed by atoms with Crippen LogP contribution in [0.1, 0.15) is 25.7 Å². The van der Waals surface area contributed by atoms with Gasteiger partial charge in [0.05, 0.1) is 5.60 Å². The molecule has 19 heavy (non-hydrogen) atoms. The van der Waals surface area contributed by atoms with Crippen LogP contribution in [0.5, 0.6) is 0 Å². The Morgan fingerprint density at radius 2 is 2.21 bits per heavy atom. The van der Waals surface area contributed by atoms with Crippen LogP contribution in [-0.4, -0.2) is 43.9 Å². The zero-order valence-corrected chi connectivity index (χ0v) is 11.5. The van der Waals surface area contributed by atoms with Gasteiger partial charge in [0.25, 0.3) is 5.78 Å². The number of aromatic nitrogens is 4. The van der Waals surface area contributed by atoms with Gasteiger partial charge in [0.2, 0.25) is 0 Å². The topological polar surface area (TPSA) is 66.5 Å². The van der Waals surface area contributed by atoms with Crippen LogP contribution in [0.25, 0.3) is 5.78 Å². The lowest BCUT2D eigenvalue weighted by molar-refractivity contribution is 0.0557. The number of hydrogen-bond acceptors (Lipinski definition) is 5. The average Bonchev–Trinajstić information content (AvgIpc) is 2.96. The minimum atomic E-state index is -0.614. The molecule has 1 fully saturated rings. The van der Waals surface area contributed by atoms with Crippen LogP contribution < -0.4 is 4.90 Å². The van der Waals surface area contributed by atoms with E-state index in [0.717, 1.165) is 31.5 Å². The average molecular weight is 282 g/mol. The lowest BCUT2D eigenvalue weighted by atomic mass is 10.0. The second kappa shape index (κ2) is 4.61. The Morgan fingerprint density at radius 3 is 2.95 bits per heavy atom. The summed E-state index contributed by atoms with van der Waals surface area (Å²) in [6, 6.07) is 1.74. The fourth-order valence-electron chi connectivity index (χ4n) is 2.75. The smallest absolute Gasteiger partial charge is 0.255 e. The highest BCUT2D eigenvalue weighted by Gasteiger charge is 2.32. The Morgan fingerprint density at radius 1 is 1.47 bits per heavy atom. The number of rotatable bonds is 3. The van der Waals surface area contributed by atoms with Crippen molar-refractivity contribution >= 4 is 23.2 Å². The molecule has 2 aromatic rings. The first-order valence-electron chi connectivity index (χ1n) is 6.37. The summed E-state index contributed by atoms with van der Waals surface area (Å²) in [5.41, 5.74) is -0.614. The zero-order valence-electron chi connectivity index (χ0n) is 10.8. The van der Waals surface area contributed by atoms with Gasteiger partial charge in [-0.3, -0.25) is 0 Å². The Labute approximate surface area is 116 Å². The number of fused-ring (bicyclic) bond motifs is 1. The molecule has 102 valence electrons. The summed E-state index contributed by atoms with van der Waals surface area (Å²) in [5.74, 6) is 1.25. The highest BCUT2D eigenvalue weighted by atomic mass is 35.5. The van der Waals surface area contributed by atoms with Crippen molar-refractivity contribution in [2.24, 2.45) is 0 Å². The number of anilines is 1. The van der Waals surface area contributed by atoms with Crippen molar-refractivity contribution in [1.82, 2.24) is 19.6 Å². The van der Waals surface area contributed by atoms with E-state index < -0.39 is 5.60 Å². The molecular formula is C12H16ClN5O. The largest absolute Gasteiger partial charge is 0.388 e. The van der Waals surface area contributed by atoms with Gasteiger partial charge in [-0.05, 0) is 12.8 Å². The van der Waals surface area contributed by atoms with E-state index in [1.807, 2.05) is 11.9 Å². The Hall–Kier alpha value is -1.40. The van der Waals surface area contributed by atoms with Gasteiger partial charge in [0.1, 0.15) is 17.3 Å². The molecule has 0 atom stereocenters. The predicted octanol–water partition coefficient (Wildman–Crippen LogP) is 1.52. The summed E-state index contributed by atoms with van der Waals surface area (Å²) in [5, 5.41) is 15.0. The minimum absolute atomic E-state index is 0.376. The summed E-state index contributed by atoms with van der Waals surface area (Å²) < 4.78 is 1.63. The summed E-state index contributed by atoms with van der Waals surface area (Å²) >= 11 is 5.99. The molecule has 1 saturated carbocycles. The highest BCUT2D eigenvalue weighted by Crippen LogP contribution is 2.31. The maximum Gasteiger partial charge on any atom is 0.255 e. The molecule has 7 heteroatoms. The van der Waals surface area contributed by atoms with Crippen LogP contribution in [-0.2, 0) is 0 Å². The van der Waals surface area contributed by atoms with E-state index in [2.05, 4.69) is 15.1 Å². The number of halogens is 1. The molecule has 2 aromatic heterocycles. The molecule has 0 unspecified atom stereocenters. The first-order valence-corrected chi connectivity index (χ1v) is 6.75. The van der Waals surface area contributed by atoms with Gasteiger partial charge in [-0.1, -0.05) is 24.4 Å². The first-order chi connectivity index (χ1) is 9.07. The van der Waals surface area contributed by atoms with E-state index >= 15 is 0 Å². The van der Waals surface area contributed by atoms with Crippen molar-refractivity contribution in [2.75, 3.05) is 18.5 Å². The molecule has 1 N–H and O–H groups in total. The third-order valence-corrected chi connectivity index (χ3v) is 3.85. The van der Waals surface area contributed by atoms with E-state index in [9.17, 15) is 5.11 Å². The van der Waals surface area contributed by atoms with Gasteiger partial charge < -0.3 is 10.0 Å². The molecule has 3 rings (SSSR count). The lowest BCUT2D eigenvalue weighted by Gasteiger charge is -2.29. The maximum atomic E-state index is 10.5. The second-order valence-electron chi connectivity index (χ2n) is 5.20. The quantitative estimate of drug-likeness (QED) is 0.864. The van der Waals surface area contributed by atoms with E-state index in [0.29, 0.717) is 17.5 Å². The molecule has 6 nitrogen and oxygen atoms in total. The monoisotopic (exact) mass is 281 g/mol. The molecule has 0 bridgehead atoms. The fraction of sp³-hybridized carbons (Fsp3) is 0.583. The van der Waals surface area contributed by atoms with E-state index in [-0.39, 0.29) is 0 Å². The molecule has 0 amide bonds. The summed E-state index contributed by atoms with van der Waals surface area (Å²) in [6.45, 7) is 0.558. The minimum Gasteiger partial charge on any atom is -0.388 e. The summed E-state index contributed by atoms with van der Waals surface area (Å²) in [6.07, 6.45) is 5.30. The van der Waals surface area contributed by atoms with E-state index in [4.69, 9.17) is 11.6 Å². The number of nitrogens with zero attached hydrogens (tertiary/aromatic N) is 5. The van der Waals surface area contributed by atoms with Crippen molar-refractivity contribution < 1.29 is 5.11 Å². The van der Waals surface area contributed by atoms with Gasteiger partial charge in [-0.2, -0.15) is 19.6 Å². The second-order valence-corrected chi connectivity index (χ2v) is 5.58. The number of hydrogen-bond donors (Lipinski definition) is 1. The van der Waals surface area contributed by atoms with Gasteiger partial charge in [-0.15, -0.1) is 0 Å². The van der Waals surface area contributed by atoms with Gasteiger partial charge in [-0.25, -0.2) is 0 Å². The van der Waals surface area contributed by atoms with Crippen LogP contribution in [0.3, 0.4) is 0 Å². The van der Waals surface area contributed by atoms with Crippen LogP contribution in [0.2, 0.25) is 5.15 Å². The standard InChI is InChI=1S/C12H16ClN5O/c1-17(7-12(19)4-2-3-5-12)10-6-9(13)16-11-14-8-15-18(10)11/h6,8,19H,2-5,7H2,1H3. The van der Waals surface area contributed by atoms with Crippen LogP contribution in [0.4, 0.5) is 5.82 Å². The van der Waals surface area contributed by atoms with Crippen molar-refractivity contribution in [3.63, 3.8) is 0 Å². The molecule has 0 spiro atoms. The van der Waals surface area contributed by atoms with Crippen LogP contribution in [0.15, 0.2) is 12.4 Å². The zero-order chi connectivity index (χ0) is 13.5. The summed E-state index contributed by atoms with van der Waals surface area (Å²) in [7, 11) is 1.92. The normalized spacial score (nSPS) is 18.1. The Kier molecular flexibility index (Phi) is 3.06. The van der Waals surface area contributed by atoms with E-state index in [1.165, 1.54) is 6.33 Å². The number of likely N-dealkylation sites (N-methyl/N-ethyl adjacent to an activating group) is 1. The third kappa shape index (κ3) is 2.37. The molecule has 1 aliphatic rings. The third-order valence-electron chi connectivity index (χ3n) is 3.66. The molecule has 2 heterocycles. The highest BCUT2D eigenvalue weighted by molar-refractivity contribution is 6.29. The van der Waals surface area contributed by atoms with E-state index in [1.54, 1.807) is 10.6 Å². The van der Waals surface area contributed by atoms with Crippen molar-refractivity contribution in [3.05, 3.63) is 17.5 Å². The molecule has 0 aliphatic heterocycles. The molecule has 0 radical (unpaired) electrons.